The maximum Gasteiger partial charge on any atom is 0.129 e. The normalized spacial score (nSPS) is 10.8. The molecule has 6 nitrogen and oxygen atoms in total. The minimum absolute atomic E-state index is 0.850. The fourth-order valence-corrected chi connectivity index (χ4v) is 3.94. The quantitative estimate of drug-likeness (QED) is 0.253. The number of para-hydroxylation sites is 2. The van der Waals surface area contributed by atoms with E-state index in [0.717, 1.165) is 42.4 Å². The van der Waals surface area contributed by atoms with E-state index in [2.05, 4.69) is 52.3 Å². The van der Waals surface area contributed by atoms with Crippen LogP contribution in [0.25, 0.3) is 33.4 Å². The number of hydrogen-bond acceptors (Lipinski definition) is 4. The van der Waals surface area contributed by atoms with Crippen LogP contribution in [0.1, 0.15) is 0 Å². The fourth-order valence-electron chi connectivity index (χ4n) is 3.15. The van der Waals surface area contributed by atoms with Gasteiger partial charge in [-0.15, -0.1) is 20.4 Å². The number of nitrogens with zero attached hydrogens (tertiary/aromatic N) is 6. The second kappa shape index (κ2) is 9.02. The van der Waals surface area contributed by atoms with E-state index in [1.165, 1.54) is 0 Å². The first-order chi connectivity index (χ1) is 15.7. The lowest BCUT2D eigenvalue weighted by Gasteiger charge is -1.96. The molecule has 0 saturated carbocycles. The van der Waals surface area contributed by atoms with Gasteiger partial charge in [-0.2, -0.15) is 9.59 Å². The highest BCUT2D eigenvalue weighted by Gasteiger charge is 2.10. The predicted octanol–water partition coefficient (Wildman–Crippen LogP) is 6.37. The molecule has 8 heteroatoms. The van der Waals surface area contributed by atoms with E-state index in [9.17, 15) is 0 Å². The molecule has 0 aliphatic carbocycles. The van der Waals surface area contributed by atoms with Crippen molar-refractivity contribution in [3.8, 4) is 11.4 Å². The van der Waals surface area contributed by atoms with Crippen LogP contribution in [0.4, 0.5) is 0 Å². The van der Waals surface area contributed by atoms with Crippen LogP contribution in [0.15, 0.2) is 106 Å². The summed E-state index contributed by atoms with van der Waals surface area (Å²) in [6, 6.07) is 31.5. The number of fused-ring (bicyclic) bond motifs is 2. The molecule has 0 unspecified atom stereocenters. The molecule has 0 aliphatic heterocycles. The molecule has 0 N–H and O–H groups in total. The third-order valence-corrected chi connectivity index (χ3v) is 5.98. The van der Waals surface area contributed by atoms with Crippen LogP contribution in [-0.2, 0) is 0 Å². The summed E-state index contributed by atoms with van der Waals surface area (Å²) in [5.74, 6) is 0. The van der Waals surface area contributed by atoms with Gasteiger partial charge in [0.05, 0.1) is 11.4 Å². The lowest BCUT2D eigenvalue weighted by molar-refractivity contribution is 0.765. The Bertz CT molecular complexity index is 1420. The molecule has 156 valence electrons. The van der Waals surface area contributed by atoms with Gasteiger partial charge in [0.1, 0.15) is 22.1 Å². The number of rotatable bonds is 2. The third-order valence-electron chi connectivity index (χ3n) is 4.70. The van der Waals surface area contributed by atoms with Gasteiger partial charge < -0.3 is 0 Å². The van der Waals surface area contributed by atoms with Crippen LogP contribution < -0.4 is 0 Å². The molecular formula is C24H16Br2N6. The van der Waals surface area contributed by atoms with E-state index < -0.39 is 0 Å². The molecule has 0 spiro atoms. The highest BCUT2D eigenvalue weighted by molar-refractivity contribution is 9.11. The van der Waals surface area contributed by atoms with Crippen molar-refractivity contribution in [1.29, 1.82) is 0 Å². The van der Waals surface area contributed by atoms with Crippen LogP contribution in [0.3, 0.4) is 0 Å². The number of benzene rings is 4. The zero-order valence-electron chi connectivity index (χ0n) is 16.7. The molecule has 6 aromatic rings. The zero-order valence-corrected chi connectivity index (χ0v) is 19.8. The number of hydrogen-bond donors (Lipinski definition) is 0. The first-order valence-electron chi connectivity index (χ1n) is 9.83. The maximum absolute atomic E-state index is 4.47. The summed E-state index contributed by atoms with van der Waals surface area (Å²) < 4.78 is 1.88. The van der Waals surface area contributed by atoms with Gasteiger partial charge >= 0.3 is 0 Å². The second-order valence-corrected chi connectivity index (χ2v) is 8.57. The summed E-state index contributed by atoms with van der Waals surface area (Å²) in [5.41, 5.74) is 5.46. The van der Waals surface area contributed by atoms with Gasteiger partial charge in [-0.3, -0.25) is 0 Å². The first-order valence-corrected chi connectivity index (χ1v) is 11.4. The Balaban J connectivity index is 0.000000136. The van der Waals surface area contributed by atoms with Crippen molar-refractivity contribution in [3.63, 3.8) is 0 Å². The molecule has 0 aliphatic rings. The van der Waals surface area contributed by atoms with Crippen molar-refractivity contribution in [2.45, 2.75) is 0 Å². The lowest BCUT2D eigenvalue weighted by Crippen LogP contribution is -1.97. The van der Waals surface area contributed by atoms with Gasteiger partial charge in [0, 0.05) is 8.95 Å². The van der Waals surface area contributed by atoms with Gasteiger partial charge in [0.15, 0.2) is 0 Å². The minimum Gasteiger partial charge on any atom is -0.150 e. The number of halogens is 2. The highest BCUT2D eigenvalue weighted by Crippen LogP contribution is 2.28. The molecule has 0 amide bonds. The Morgan fingerprint density at radius 1 is 0.438 bits per heavy atom. The van der Waals surface area contributed by atoms with E-state index in [4.69, 9.17) is 0 Å². The predicted molar refractivity (Wildman–Crippen MR) is 133 cm³/mol. The van der Waals surface area contributed by atoms with Crippen LogP contribution in [0.2, 0.25) is 0 Å². The molecule has 4 aromatic carbocycles. The van der Waals surface area contributed by atoms with E-state index in [0.29, 0.717) is 0 Å². The molecule has 6 rings (SSSR count). The van der Waals surface area contributed by atoms with Gasteiger partial charge in [-0.05, 0) is 80.4 Å². The average Bonchev–Trinajstić information content (AvgIpc) is 3.49. The van der Waals surface area contributed by atoms with Crippen molar-refractivity contribution in [2.24, 2.45) is 0 Å². The highest BCUT2D eigenvalue weighted by atomic mass is 79.9. The van der Waals surface area contributed by atoms with Gasteiger partial charge in [0.25, 0.3) is 0 Å². The second-order valence-electron chi connectivity index (χ2n) is 6.87. The summed E-state index contributed by atoms with van der Waals surface area (Å²) in [7, 11) is 0. The van der Waals surface area contributed by atoms with Gasteiger partial charge in [-0.1, -0.05) is 48.5 Å². The minimum atomic E-state index is 0.850. The van der Waals surface area contributed by atoms with E-state index in [-0.39, 0.29) is 0 Å². The van der Waals surface area contributed by atoms with E-state index in [1.807, 2.05) is 97.1 Å². The average molecular weight is 548 g/mol. The molecular weight excluding hydrogens is 532 g/mol. The summed E-state index contributed by atoms with van der Waals surface area (Å²) in [6.07, 6.45) is 0. The topological polar surface area (TPSA) is 61.4 Å². The van der Waals surface area contributed by atoms with Gasteiger partial charge in [-0.25, -0.2) is 0 Å². The Kier molecular flexibility index (Phi) is 5.79. The molecule has 0 fully saturated rings. The van der Waals surface area contributed by atoms with Crippen molar-refractivity contribution in [1.82, 2.24) is 30.0 Å². The van der Waals surface area contributed by atoms with E-state index >= 15 is 0 Å². The SMILES string of the molecule is Brc1ccc(Br)c2nn(-c3ccccc3)nc12.c1ccc(-n2nc3ccccc3n2)cc1. The number of aromatic nitrogens is 6. The van der Waals surface area contributed by atoms with Crippen molar-refractivity contribution < 1.29 is 0 Å². The third kappa shape index (κ3) is 4.19. The zero-order chi connectivity index (χ0) is 21.9. The Morgan fingerprint density at radius 2 is 0.812 bits per heavy atom. The molecule has 32 heavy (non-hydrogen) atoms. The molecule has 2 aromatic heterocycles. The standard InChI is InChI=1S/C12H7Br2N3.C12H9N3/c13-9-6-7-10(14)12-11(9)15-17(16-12)8-4-2-1-3-5-8;1-2-6-10(7-3-1)15-13-11-8-4-5-9-12(11)14-15/h1-7H;1-9H. The van der Waals surface area contributed by atoms with Crippen LogP contribution in [0.5, 0.6) is 0 Å². The van der Waals surface area contributed by atoms with Crippen molar-refractivity contribution in [2.75, 3.05) is 0 Å². The molecule has 0 radical (unpaired) electrons. The molecule has 0 bridgehead atoms. The largest absolute Gasteiger partial charge is 0.150 e. The van der Waals surface area contributed by atoms with Crippen LogP contribution >= 0.6 is 31.9 Å². The summed E-state index contributed by atoms with van der Waals surface area (Å²) in [5, 5.41) is 17.7. The molecule has 2 heterocycles. The summed E-state index contributed by atoms with van der Waals surface area (Å²) >= 11 is 6.96. The van der Waals surface area contributed by atoms with Crippen molar-refractivity contribution in [3.05, 3.63) is 106 Å². The summed E-state index contributed by atoms with van der Waals surface area (Å²) in [6.45, 7) is 0. The van der Waals surface area contributed by atoms with Crippen LogP contribution in [0, 0.1) is 0 Å². The lowest BCUT2D eigenvalue weighted by atomic mass is 10.3. The monoisotopic (exact) mass is 546 g/mol. The Morgan fingerprint density at radius 3 is 1.25 bits per heavy atom. The molecule has 0 saturated heterocycles. The van der Waals surface area contributed by atoms with Gasteiger partial charge in [0.2, 0.25) is 0 Å². The fraction of sp³-hybridized carbons (Fsp3) is 0. The van der Waals surface area contributed by atoms with E-state index in [1.54, 1.807) is 9.59 Å². The Labute approximate surface area is 200 Å². The Hall–Kier alpha value is -3.36. The molecule has 0 atom stereocenters. The summed E-state index contributed by atoms with van der Waals surface area (Å²) in [4.78, 5) is 3.30. The first kappa shape index (κ1) is 20.5. The van der Waals surface area contributed by atoms with Crippen LogP contribution in [-0.4, -0.2) is 30.0 Å². The smallest absolute Gasteiger partial charge is 0.129 e. The van der Waals surface area contributed by atoms with Crippen molar-refractivity contribution >= 4 is 53.9 Å². The maximum atomic E-state index is 4.47.